The van der Waals surface area contributed by atoms with Gasteiger partial charge in [-0.1, -0.05) is 0 Å². The van der Waals surface area contributed by atoms with Gasteiger partial charge in [-0.25, -0.2) is 14.8 Å². The van der Waals surface area contributed by atoms with Crippen LogP contribution >= 0.6 is 0 Å². The van der Waals surface area contributed by atoms with Crippen LogP contribution in [0, 0.1) is 0 Å². The number of nitrogens with zero attached hydrogens (tertiary/aromatic N) is 3. The van der Waals surface area contributed by atoms with Crippen molar-refractivity contribution in [1.29, 1.82) is 0 Å². The van der Waals surface area contributed by atoms with Gasteiger partial charge < -0.3 is 10.0 Å². The van der Waals surface area contributed by atoms with Crippen LogP contribution in [-0.4, -0.2) is 33.1 Å². The average molecular weight is 221 g/mol. The second kappa shape index (κ2) is 3.73. The minimum absolute atomic E-state index is 0.0603. The Balaban J connectivity index is 2.25. The number of anilines is 1. The van der Waals surface area contributed by atoms with E-state index in [2.05, 4.69) is 28.7 Å². The highest BCUT2D eigenvalue weighted by atomic mass is 16.4. The Bertz CT molecular complexity index is 400. The highest BCUT2D eigenvalue weighted by Gasteiger charge is 2.33. The summed E-state index contributed by atoms with van der Waals surface area (Å²) in [5.74, 6) is -0.375. The Kier molecular flexibility index (Phi) is 2.53. The van der Waals surface area contributed by atoms with E-state index in [0.717, 1.165) is 19.4 Å². The average Bonchev–Trinajstić information content (AvgIpc) is 2.58. The van der Waals surface area contributed by atoms with E-state index in [1.807, 2.05) is 0 Å². The van der Waals surface area contributed by atoms with Crippen LogP contribution in [0.25, 0.3) is 0 Å². The second-order valence-electron chi connectivity index (χ2n) is 4.64. The van der Waals surface area contributed by atoms with Crippen molar-refractivity contribution in [3.63, 3.8) is 0 Å². The van der Waals surface area contributed by atoms with Crippen molar-refractivity contribution in [3.8, 4) is 0 Å². The van der Waals surface area contributed by atoms with E-state index in [1.54, 1.807) is 0 Å². The number of hydrogen-bond donors (Lipinski definition) is 1. The molecule has 0 bridgehead atoms. The normalized spacial score (nSPS) is 18.8. The number of rotatable bonds is 2. The molecule has 2 rings (SSSR count). The maximum absolute atomic E-state index is 10.7. The van der Waals surface area contributed by atoms with Crippen LogP contribution in [0.4, 0.5) is 5.95 Å². The van der Waals surface area contributed by atoms with Gasteiger partial charge in [0.1, 0.15) is 0 Å². The molecule has 2 heterocycles. The van der Waals surface area contributed by atoms with E-state index in [1.165, 1.54) is 12.4 Å². The first-order valence-corrected chi connectivity index (χ1v) is 5.34. The van der Waals surface area contributed by atoms with Crippen molar-refractivity contribution in [1.82, 2.24) is 9.97 Å². The molecule has 1 N–H and O–H groups in total. The molecular formula is C11H15N3O2. The lowest BCUT2D eigenvalue weighted by atomic mass is 10.0. The summed E-state index contributed by atoms with van der Waals surface area (Å²) in [6, 6.07) is 0. The molecule has 1 saturated heterocycles. The maximum Gasteiger partial charge on any atom is 0.338 e. The van der Waals surface area contributed by atoms with Gasteiger partial charge in [0.25, 0.3) is 0 Å². The SMILES string of the molecule is CC1(C)CCCN1c1ncc(C(=O)O)cn1. The molecule has 1 aromatic rings. The number of hydrogen-bond acceptors (Lipinski definition) is 4. The van der Waals surface area contributed by atoms with Crippen LogP contribution in [-0.2, 0) is 0 Å². The highest BCUT2D eigenvalue weighted by molar-refractivity contribution is 5.86. The van der Waals surface area contributed by atoms with Gasteiger partial charge in [-0.15, -0.1) is 0 Å². The first-order chi connectivity index (χ1) is 7.50. The van der Waals surface area contributed by atoms with Crippen molar-refractivity contribution in [3.05, 3.63) is 18.0 Å². The van der Waals surface area contributed by atoms with Crippen molar-refractivity contribution in [2.24, 2.45) is 0 Å². The lowest BCUT2D eigenvalue weighted by Gasteiger charge is -2.31. The summed E-state index contributed by atoms with van der Waals surface area (Å²) in [4.78, 5) is 21.0. The molecule has 0 saturated carbocycles. The van der Waals surface area contributed by atoms with Crippen LogP contribution in [0.15, 0.2) is 12.4 Å². The molecule has 1 fully saturated rings. The molecule has 0 amide bonds. The third-order valence-corrected chi connectivity index (χ3v) is 3.03. The molecule has 0 aromatic carbocycles. The Morgan fingerprint density at radius 3 is 2.50 bits per heavy atom. The molecule has 0 aliphatic carbocycles. The summed E-state index contributed by atoms with van der Waals surface area (Å²) in [6.07, 6.45) is 4.95. The summed E-state index contributed by atoms with van der Waals surface area (Å²) >= 11 is 0. The number of carboxylic acids is 1. The Morgan fingerprint density at radius 2 is 2.06 bits per heavy atom. The van der Waals surface area contributed by atoms with Crippen LogP contribution < -0.4 is 4.90 Å². The van der Waals surface area contributed by atoms with Crippen molar-refractivity contribution in [2.45, 2.75) is 32.2 Å². The molecule has 0 unspecified atom stereocenters. The summed E-state index contributed by atoms with van der Waals surface area (Å²) in [7, 11) is 0. The maximum atomic E-state index is 10.7. The zero-order valence-electron chi connectivity index (χ0n) is 9.47. The summed E-state index contributed by atoms with van der Waals surface area (Å²) < 4.78 is 0. The van der Waals surface area contributed by atoms with Gasteiger partial charge in [-0.05, 0) is 26.7 Å². The Hall–Kier alpha value is -1.65. The molecule has 16 heavy (non-hydrogen) atoms. The summed E-state index contributed by atoms with van der Waals surface area (Å²) in [5, 5.41) is 8.75. The predicted molar refractivity (Wildman–Crippen MR) is 59.7 cm³/mol. The van der Waals surface area contributed by atoms with Crippen LogP contribution in [0.5, 0.6) is 0 Å². The lowest BCUT2D eigenvalue weighted by Crippen LogP contribution is -2.39. The molecule has 86 valence electrons. The molecule has 1 aliphatic rings. The number of carbonyl (C=O) groups is 1. The van der Waals surface area contributed by atoms with Gasteiger partial charge in [-0.2, -0.15) is 0 Å². The Morgan fingerprint density at radius 1 is 1.44 bits per heavy atom. The van der Waals surface area contributed by atoms with Gasteiger partial charge in [0.2, 0.25) is 5.95 Å². The fourth-order valence-corrected chi connectivity index (χ4v) is 2.05. The van der Waals surface area contributed by atoms with Gasteiger partial charge in [0.15, 0.2) is 0 Å². The fraction of sp³-hybridized carbons (Fsp3) is 0.545. The van der Waals surface area contributed by atoms with Crippen molar-refractivity contribution >= 4 is 11.9 Å². The largest absolute Gasteiger partial charge is 0.478 e. The van der Waals surface area contributed by atoms with E-state index < -0.39 is 5.97 Å². The van der Waals surface area contributed by atoms with Gasteiger partial charge in [0, 0.05) is 24.5 Å². The monoisotopic (exact) mass is 221 g/mol. The van der Waals surface area contributed by atoms with E-state index in [0.29, 0.717) is 5.95 Å². The quantitative estimate of drug-likeness (QED) is 0.820. The van der Waals surface area contributed by atoms with E-state index in [-0.39, 0.29) is 11.1 Å². The van der Waals surface area contributed by atoms with Crippen molar-refractivity contribution < 1.29 is 9.90 Å². The van der Waals surface area contributed by atoms with Crippen molar-refractivity contribution in [2.75, 3.05) is 11.4 Å². The van der Waals surface area contributed by atoms with E-state index >= 15 is 0 Å². The molecule has 5 heteroatoms. The minimum atomic E-state index is -0.993. The fourth-order valence-electron chi connectivity index (χ4n) is 2.05. The number of carboxylic acid groups (broad SMARTS) is 1. The third-order valence-electron chi connectivity index (χ3n) is 3.03. The first kappa shape index (κ1) is 10.9. The van der Waals surface area contributed by atoms with Crippen LogP contribution in [0.1, 0.15) is 37.0 Å². The molecule has 0 spiro atoms. The zero-order chi connectivity index (χ0) is 11.8. The number of aromatic carboxylic acids is 1. The van der Waals surface area contributed by atoms with Crippen LogP contribution in [0.2, 0.25) is 0 Å². The minimum Gasteiger partial charge on any atom is -0.478 e. The van der Waals surface area contributed by atoms with E-state index in [9.17, 15) is 4.79 Å². The third kappa shape index (κ3) is 1.85. The second-order valence-corrected chi connectivity index (χ2v) is 4.64. The molecule has 0 atom stereocenters. The highest BCUT2D eigenvalue weighted by Crippen LogP contribution is 2.30. The molecule has 1 aromatic heterocycles. The molecule has 1 aliphatic heterocycles. The summed E-state index contributed by atoms with van der Waals surface area (Å²) in [6.45, 7) is 5.22. The number of aromatic nitrogens is 2. The molecular weight excluding hydrogens is 206 g/mol. The van der Waals surface area contributed by atoms with Gasteiger partial charge >= 0.3 is 5.97 Å². The predicted octanol–water partition coefficient (Wildman–Crippen LogP) is 1.55. The smallest absolute Gasteiger partial charge is 0.338 e. The Labute approximate surface area is 94.1 Å². The van der Waals surface area contributed by atoms with E-state index in [4.69, 9.17) is 5.11 Å². The van der Waals surface area contributed by atoms with Crippen LogP contribution in [0.3, 0.4) is 0 Å². The first-order valence-electron chi connectivity index (χ1n) is 5.34. The summed E-state index contributed by atoms with van der Waals surface area (Å²) in [5.41, 5.74) is 0.186. The zero-order valence-corrected chi connectivity index (χ0v) is 9.47. The lowest BCUT2D eigenvalue weighted by molar-refractivity contribution is 0.0696. The van der Waals surface area contributed by atoms with Gasteiger partial charge in [-0.3, -0.25) is 0 Å². The standard InChI is InChI=1S/C11H15N3O2/c1-11(2)4-3-5-14(11)10-12-6-8(7-13-10)9(15)16/h6-7H,3-5H2,1-2H3,(H,15,16). The molecule has 0 radical (unpaired) electrons. The molecule has 5 nitrogen and oxygen atoms in total. The van der Waals surface area contributed by atoms with Gasteiger partial charge in [0.05, 0.1) is 5.56 Å². The topological polar surface area (TPSA) is 66.3 Å².